The van der Waals surface area contributed by atoms with Crippen LogP contribution in [0.15, 0.2) is 85.2 Å². The van der Waals surface area contributed by atoms with Gasteiger partial charge in [0.05, 0.1) is 16.1 Å². The Morgan fingerprint density at radius 3 is 1.84 bits per heavy atom. The number of halogens is 2. The molecular formula is C36H42B2F2N8Na2O9S2. The fourth-order valence-electron chi connectivity index (χ4n) is 6.46. The van der Waals surface area contributed by atoms with Crippen LogP contribution in [0.25, 0.3) is 22.6 Å². The van der Waals surface area contributed by atoms with Crippen LogP contribution in [0.2, 0.25) is 13.6 Å². The molecule has 0 bridgehead atoms. The zero-order valence-electron chi connectivity index (χ0n) is 34.1. The molecule has 0 amide bonds. The summed E-state index contributed by atoms with van der Waals surface area (Å²) < 4.78 is 65.2. The van der Waals surface area contributed by atoms with E-state index in [2.05, 4.69) is 24.8 Å². The minimum absolute atomic E-state index is 0.000422. The van der Waals surface area contributed by atoms with Gasteiger partial charge in [-0.3, -0.25) is 14.9 Å². The van der Waals surface area contributed by atoms with Crippen LogP contribution in [-0.2, 0) is 18.5 Å². The maximum absolute atomic E-state index is 14.4. The Morgan fingerprint density at radius 2 is 1.33 bits per heavy atom. The zero-order valence-corrected chi connectivity index (χ0v) is 39.7. The van der Waals surface area contributed by atoms with Gasteiger partial charge in [-0.15, -0.1) is 0 Å². The number of rotatable bonds is 8. The summed E-state index contributed by atoms with van der Waals surface area (Å²) in [6, 6.07) is 19.7. The van der Waals surface area contributed by atoms with Gasteiger partial charge in [-0.05, 0) is 108 Å². The topological polar surface area (TPSA) is 231 Å². The number of fused-ring (bicyclic) bond motifs is 1. The summed E-state index contributed by atoms with van der Waals surface area (Å²) in [5, 5.41) is 33.3. The molecule has 2 saturated heterocycles. The van der Waals surface area contributed by atoms with Crippen LogP contribution < -0.4 is 5.32 Å². The second kappa shape index (κ2) is 26.9. The van der Waals surface area contributed by atoms with Gasteiger partial charge in [0.15, 0.2) is 11.9 Å². The minimum atomic E-state index is -2.95. The molecule has 0 unspecified atom stereocenters. The first kappa shape index (κ1) is 51.9. The van der Waals surface area contributed by atoms with Crippen LogP contribution in [0.5, 0.6) is 0 Å². The number of carbonyl (C=O) groups is 1. The summed E-state index contributed by atoms with van der Waals surface area (Å²) in [6.45, 7) is 6.68. The number of benzene rings is 2. The summed E-state index contributed by atoms with van der Waals surface area (Å²) in [6.07, 6.45) is 7.19. The molecule has 2 aromatic carbocycles. The first-order chi connectivity index (χ1) is 29.2. The van der Waals surface area contributed by atoms with Crippen molar-refractivity contribution >= 4 is 105 Å². The fraction of sp³-hybridized carbons (Fsp3) is 0.333. The number of piperidine rings is 2. The van der Waals surface area contributed by atoms with Gasteiger partial charge >= 0.3 is 81.9 Å². The van der Waals surface area contributed by atoms with E-state index in [0.717, 1.165) is 63.0 Å². The summed E-state index contributed by atoms with van der Waals surface area (Å²) >= 11 is 2.89. The summed E-state index contributed by atoms with van der Waals surface area (Å²) in [7, 11) is -6.78. The number of carbonyl (C=O) groups excluding carboxylic acids is 1. The molecule has 0 saturated carbocycles. The average molecular weight is 901 g/mol. The molecule has 5 heterocycles. The molecule has 3 N–H and O–H groups in total. The first-order valence-electron chi connectivity index (χ1n) is 19.4. The average Bonchev–Trinajstić information content (AvgIpc) is 3.65. The molecule has 2 aliphatic heterocycles. The van der Waals surface area contributed by atoms with Crippen molar-refractivity contribution < 1.29 is 45.4 Å². The van der Waals surface area contributed by atoms with Crippen molar-refractivity contribution in [2.75, 3.05) is 31.5 Å². The van der Waals surface area contributed by atoms with Gasteiger partial charge < -0.3 is 29.6 Å². The predicted octanol–water partition coefficient (Wildman–Crippen LogP) is 3.50. The van der Waals surface area contributed by atoms with Crippen LogP contribution in [0.1, 0.15) is 42.1 Å². The second-order valence-electron chi connectivity index (χ2n) is 13.3. The van der Waals surface area contributed by atoms with Crippen LogP contribution in [0, 0.1) is 21.7 Å². The Morgan fingerprint density at radius 1 is 0.803 bits per heavy atom. The number of imidazole rings is 1. The summed E-state index contributed by atoms with van der Waals surface area (Å²) in [5.74, 6) is 0.207. The Kier molecular flexibility index (Phi) is 22.9. The maximum atomic E-state index is 14.4. The van der Waals surface area contributed by atoms with Gasteiger partial charge in [0, 0.05) is 30.5 Å². The third-order valence-corrected chi connectivity index (χ3v) is 10.4. The number of hydrogen-bond acceptors (Lipinski definition) is 15. The van der Waals surface area contributed by atoms with Crippen LogP contribution in [-0.4, -0.2) is 157 Å². The van der Waals surface area contributed by atoms with Gasteiger partial charge in [-0.2, -0.15) is 16.8 Å². The van der Waals surface area contributed by atoms with Gasteiger partial charge in [0.1, 0.15) is 23.0 Å². The van der Waals surface area contributed by atoms with Crippen LogP contribution >= 0.6 is 0 Å². The molecule has 0 atom stereocenters. The van der Waals surface area contributed by atoms with E-state index < -0.39 is 43.4 Å². The molecule has 61 heavy (non-hydrogen) atoms. The number of anilines is 1. The van der Waals surface area contributed by atoms with Crippen molar-refractivity contribution in [3.8, 4) is 11.4 Å². The Hall–Kier alpha value is -3.45. The summed E-state index contributed by atoms with van der Waals surface area (Å²) in [5.41, 5.74) is 2.17. The molecule has 0 aliphatic carbocycles. The monoisotopic (exact) mass is 900 g/mol. The number of aromatic nitrogens is 4. The SMILES string of the molecule is CB(O)N1CCC(Nc2ncccc2[N+](=O)[O-])CC1.CB(O)N1CCC(n2c(-c3ccccc3F)nc3cccnc32)CC1.O=Cc1ccccc1F.O=S(=O)=S(=O)=O.[Na][Na]. The molecule has 0 spiro atoms. The molecule has 7 rings (SSSR count). The Bertz CT molecular complexity index is 2420. The van der Waals surface area contributed by atoms with Crippen LogP contribution in [0.3, 0.4) is 0 Å². The van der Waals surface area contributed by atoms with Gasteiger partial charge in [0.25, 0.3) is 0 Å². The Balaban J connectivity index is 0.000000242. The van der Waals surface area contributed by atoms with E-state index in [9.17, 15) is 33.7 Å². The van der Waals surface area contributed by atoms with Crippen molar-refractivity contribution in [3.63, 3.8) is 0 Å². The molecular weight excluding hydrogens is 858 g/mol. The third-order valence-electron chi connectivity index (χ3n) is 9.48. The van der Waals surface area contributed by atoms with Gasteiger partial charge in [-0.1, -0.05) is 24.3 Å². The van der Waals surface area contributed by atoms with E-state index >= 15 is 0 Å². The number of nitrogens with zero attached hydrogens (tertiary/aromatic N) is 7. The van der Waals surface area contributed by atoms with E-state index in [1.165, 1.54) is 67.9 Å². The van der Waals surface area contributed by atoms with E-state index in [0.29, 0.717) is 23.5 Å². The standard InChI is InChI=1S/C18H20BFN4O.C11H17BN4O3.C7H5FO.2Na.O4S2/c1-19(25)23-11-8-13(9-12-23)24-17(14-5-2-3-6-15(14)20)22-16-7-4-10-21-18(16)24;1-12(17)15-7-4-9(5-8-15)14-11-10(16(18)19)3-2-6-13-11;8-7-4-2-1-3-6(7)5-9;;;1-5(2)6(3)4/h2-7,10,13,25H,8-9,11-12H2,1H3;2-3,6,9,17H,4-5,7-8H2,1H3,(H,13,14);1-5H;;;. The number of nitro groups is 1. The molecule has 5 aromatic rings. The first-order valence-corrected chi connectivity index (χ1v) is 30.0. The molecule has 314 valence electrons. The zero-order chi connectivity index (χ0) is 45.1. The number of hydrogen-bond donors (Lipinski definition) is 3. The molecule has 3 aromatic heterocycles. The van der Waals surface area contributed by atoms with Crippen molar-refractivity contribution in [1.29, 1.82) is 0 Å². The summed E-state index contributed by atoms with van der Waals surface area (Å²) in [4.78, 5) is 37.7. The van der Waals surface area contributed by atoms with Gasteiger partial charge in [-0.25, -0.2) is 23.7 Å². The van der Waals surface area contributed by atoms with Crippen LogP contribution in [0.4, 0.5) is 20.3 Å². The Labute approximate surface area is 383 Å². The number of nitrogens with one attached hydrogen (secondary N) is 1. The van der Waals surface area contributed by atoms with E-state index in [4.69, 9.17) is 16.8 Å². The molecule has 2 fully saturated rings. The molecule has 25 heteroatoms. The van der Waals surface area contributed by atoms with Crippen molar-refractivity contribution in [1.82, 2.24) is 29.1 Å². The van der Waals surface area contributed by atoms with Crippen molar-refractivity contribution in [2.24, 2.45) is 0 Å². The number of pyridine rings is 2. The molecule has 0 radical (unpaired) electrons. The van der Waals surface area contributed by atoms with E-state index in [-0.39, 0.29) is 29.2 Å². The van der Waals surface area contributed by atoms with E-state index in [1.54, 1.807) is 56.4 Å². The van der Waals surface area contributed by atoms with Crippen molar-refractivity contribution in [3.05, 3.63) is 113 Å². The van der Waals surface area contributed by atoms with E-state index in [1.807, 2.05) is 27.8 Å². The normalized spacial score (nSPS) is 14.3. The quantitative estimate of drug-likeness (QED) is 0.0876. The molecule has 2 aliphatic rings. The molecule has 17 nitrogen and oxygen atoms in total. The number of aldehydes is 1. The van der Waals surface area contributed by atoms with Gasteiger partial charge in [0.2, 0.25) is 5.82 Å². The fourth-order valence-corrected chi connectivity index (χ4v) is 6.46. The third kappa shape index (κ3) is 16.0. The predicted molar refractivity (Wildman–Crippen MR) is 231 cm³/mol. The second-order valence-corrected chi connectivity index (χ2v) is 15.7. The van der Waals surface area contributed by atoms with Crippen molar-refractivity contribution in [2.45, 2.75) is 51.4 Å².